The van der Waals surface area contributed by atoms with Gasteiger partial charge in [0.25, 0.3) is 5.91 Å². The molecule has 0 radical (unpaired) electrons. The summed E-state index contributed by atoms with van der Waals surface area (Å²) in [7, 11) is 1.62. The molecular formula is C24H23FN4O2S. The second kappa shape index (κ2) is 9.47. The van der Waals surface area contributed by atoms with Gasteiger partial charge in [-0.25, -0.2) is 9.37 Å². The molecular weight excluding hydrogens is 427 g/mol. The maximum absolute atomic E-state index is 13.2. The molecule has 0 spiro atoms. The molecule has 2 heterocycles. The van der Waals surface area contributed by atoms with Crippen LogP contribution in [0.4, 0.5) is 4.39 Å². The molecule has 164 valence electrons. The van der Waals surface area contributed by atoms with E-state index in [4.69, 9.17) is 4.74 Å². The summed E-state index contributed by atoms with van der Waals surface area (Å²) in [5, 5.41) is 10.5. The van der Waals surface area contributed by atoms with Gasteiger partial charge in [-0.2, -0.15) is 5.26 Å². The van der Waals surface area contributed by atoms with E-state index in [0.717, 1.165) is 27.6 Å². The lowest BCUT2D eigenvalue weighted by Gasteiger charge is -2.36. The summed E-state index contributed by atoms with van der Waals surface area (Å²) >= 11 is 1.39. The monoisotopic (exact) mass is 450 g/mol. The molecule has 6 nitrogen and oxygen atoms in total. The number of piperazine rings is 1. The first-order chi connectivity index (χ1) is 15.5. The van der Waals surface area contributed by atoms with E-state index in [1.165, 1.54) is 23.5 Å². The number of ether oxygens (including phenoxy) is 1. The number of thiazole rings is 1. The number of carbonyl (C=O) groups excluding carboxylic acids is 1. The highest BCUT2D eigenvalue weighted by Gasteiger charge is 2.29. The van der Waals surface area contributed by atoms with E-state index in [-0.39, 0.29) is 11.7 Å². The first-order valence-electron chi connectivity index (χ1n) is 10.3. The van der Waals surface area contributed by atoms with Crippen molar-refractivity contribution in [2.24, 2.45) is 0 Å². The average Bonchev–Trinajstić information content (AvgIpc) is 3.22. The minimum Gasteiger partial charge on any atom is -0.497 e. The summed E-state index contributed by atoms with van der Waals surface area (Å²) in [6.07, 6.45) is 0. The van der Waals surface area contributed by atoms with Crippen molar-refractivity contribution in [3.8, 4) is 22.4 Å². The molecule has 1 aliphatic rings. The average molecular weight is 451 g/mol. The zero-order chi connectivity index (χ0) is 22.7. The number of rotatable bonds is 5. The smallest absolute Gasteiger partial charge is 0.265 e. The maximum atomic E-state index is 13.2. The van der Waals surface area contributed by atoms with Crippen LogP contribution in [0.1, 0.15) is 27.0 Å². The number of hydrogen-bond acceptors (Lipinski definition) is 6. The highest BCUT2D eigenvalue weighted by atomic mass is 32.1. The number of aryl methyl sites for hydroxylation is 1. The van der Waals surface area contributed by atoms with Crippen LogP contribution in [0.15, 0.2) is 48.5 Å². The summed E-state index contributed by atoms with van der Waals surface area (Å²) < 4.78 is 18.4. The SMILES string of the molecule is COc1ccc(-c2nc(C)c(C(=O)N3CCN([C@@H](C#N)c4ccc(F)cc4)CC3)s2)cc1. The molecule has 8 heteroatoms. The third kappa shape index (κ3) is 4.49. The van der Waals surface area contributed by atoms with Gasteiger partial charge in [0.15, 0.2) is 0 Å². The minimum absolute atomic E-state index is 0.0327. The normalized spacial score (nSPS) is 15.2. The largest absolute Gasteiger partial charge is 0.497 e. The Morgan fingerprint density at radius 1 is 1.12 bits per heavy atom. The molecule has 0 bridgehead atoms. The standard InChI is InChI=1S/C24H23FN4O2S/c1-16-22(32-23(27-16)18-5-9-20(31-2)10-6-18)24(30)29-13-11-28(12-14-29)21(15-26)17-3-7-19(25)8-4-17/h3-10,21H,11-14H2,1-2H3/t21-/m0/s1. The lowest BCUT2D eigenvalue weighted by molar-refractivity contribution is 0.0610. The Labute approximate surface area is 190 Å². The third-order valence-electron chi connectivity index (χ3n) is 5.60. The van der Waals surface area contributed by atoms with E-state index in [9.17, 15) is 14.4 Å². The molecule has 1 atom stereocenters. The first kappa shape index (κ1) is 21.9. The molecule has 1 saturated heterocycles. The molecule has 0 aliphatic carbocycles. The van der Waals surface area contributed by atoms with Gasteiger partial charge >= 0.3 is 0 Å². The van der Waals surface area contributed by atoms with Crippen molar-refractivity contribution in [2.45, 2.75) is 13.0 Å². The molecule has 0 saturated carbocycles. The number of methoxy groups -OCH3 is 1. The Morgan fingerprint density at radius 2 is 1.78 bits per heavy atom. The van der Waals surface area contributed by atoms with Gasteiger partial charge < -0.3 is 9.64 Å². The third-order valence-corrected chi connectivity index (χ3v) is 6.80. The van der Waals surface area contributed by atoms with Gasteiger partial charge in [0.05, 0.1) is 18.9 Å². The summed E-state index contributed by atoms with van der Waals surface area (Å²) in [6.45, 7) is 4.04. The van der Waals surface area contributed by atoms with Crippen LogP contribution in [0, 0.1) is 24.1 Å². The zero-order valence-corrected chi connectivity index (χ0v) is 18.7. The van der Waals surface area contributed by atoms with Gasteiger partial charge in [-0.3, -0.25) is 9.69 Å². The maximum Gasteiger partial charge on any atom is 0.265 e. The Kier molecular flexibility index (Phi) is 6.49. The number of nitrogens with zero attached hydrogens (tertiary/aromatic N) is 4. The van der Waals surface area contributed by atoms with Crippen LogP contribution in [-0.2, 0) is 0 Å². The molecule has 3 aromatic rings. The quantitative estimate of drug-likeness (QED) is 0.580. The molecule has 32 heavy (non-hydrogen) atoms. The highest BCUT2D eigenvalue weighted by Crippen LogP contribution is 2.30. The predicted molar refractivity (Wildman–Crippen MR) is 121 cm³/mol. The van der Waals surface area contributed by atoms with Gasteiger partial charge in [0, 0.05) is 31.7 Å². The second-order valence-electron chi connectivity index (χ2n) is 7.57. The molecule has 4 rings (SSSR count). The van der Waals surface area contributed by atoms with Crippen LogP contribution in [0.2, 0.25) is 0 Å². The number of amides is 1. The van der Waals surface area contributed by atoms with Crippen LogP contribution in [0.3, 0.4) is 0 Å². The van der Waals surface area contributed by atoms with Crippen molar-refractivity contribution in [1.29, 1.82) is 5.26 Å². The lowest BCUT2D eigenvalue weighted by atomic mass is 10.1. The summed E-state index contributed by atoms with van der Waals surface area (Å²) in [6, 6.07) is 15.5. The Morgan fingerprint density at radius 3 is 2.38 bits per heavy atom. The molecule has 0 N–H and O–H groups in total. The van der Waals surface area contributed by atoms with Gasteiger partial charge in [-0.15, -0.1) is 11.3 Å². The van der Waals surface area contributed by atoms with Crippen LogP contribution >= 0.6 is 11.3 Å². The molecule has 1 amide bonds. The number of hydrogen-bond donors (Lipinski definition) is 0. The van der Waals surface area contributed by atoms with E-state index in [0.29, 0.717) is 31.1 Å². The molecule has 2 aromatic carbocycles. The van der Waals surface area contributed by atoms with Crippen molar-refractivity contribution in [3.05, 3.63) is 70.5 Å². The second-order valence-corrected chi connectivity index (χ2v) is 8.57. The van der Waals surface area contributed by atoms with E-state index < -0.39 is 6.04 Å². The van der Waals surface area contributed by atoms with Crippen molar-refractivity contribution in [1.82, 2.24) is 14.8 Å². The van der Waals surface area contributed by atoms with Gasteiger partial charge in [-0.05, 0) is 48.9 Å². The zero-order valence-electron chi connectivity index (χ0n) is 17.9. The van der Waals surface area contributed by atoms with E-state index in [1.54, 1.807) is 19.2 Å². The fourth-order valence-corrected chi connectivity index (χ4v) is 4.83. The van der Waals surface area contributed by atoms with Gasteiger partial charge in [-0.1, -0.05) is 12.1 Å². The first-order valence-corrected chi connectivity index (χ1v) is 11.1. The molecule has 1 fully saturated rings. The Hall–Kier alpha value is -3.28. The summed E-state index contributed by atoms with van der Waals surface area (Å²) in [4.78, 5) is 22.3. The highest BCUT2D eigenvalue weighted by molar-refractivity contribution is 7.17. The van der Waals surface area contributed by atoms with Crippen LogP contribution < -0.4 is 4.74 Å². The number of carbonyl (C=O) groups is 1. The van der Waals surface area contributed by atoms with Crippen molar-refractivity contribution >= 4 is 17.2 Å². The molecule has 0 unspecified atom stereocenters. The number of halogens is 1. The van der Waals surface area contributed by atoms with E-state index in [2.05, 4.69) is 11.1 Å². The van der Waals surface area contributed by atoms with Crippen molar-refractivity contribution in [3.63, 3.8) is 0 Å². The number of aromatic nitrogens is 1. The van der Waals surface area contributed by atoms with Crippen molar-refractivity contribution < 1.29 is 13.9 Å². The van der Waals surface area contributed by atoms with Crippen LogP contribution in [-0.4, -0.2) is 54.0 Å². The fourth-order valence-electron chi connectivity index (χ4n) is 3.79. The van der Waals surface area contributed by atoms with E-state index >= 15 is 0 Å². The Bertz CT molecular complexity index is 1130. The molecule has 1 aromatic heterocycles. The van der Waals surface area contributed by atoms with Crippen LogP contribution in [0.5, 0.6) is 5.75 Å². The molecule has 1 aliphatic heterocycles. The topological polar surface area (TPSA) is 69.5 Å². The lowest BCUT2D eigenvalue weighted by Crippen LogP contribution is -2.49. The van der Waals surface area contributed by atoms with Crippen LogP contribution in [0.25, 0.3) is 10.6 Å². The Balaban J connectivity index is 1.43. The fraction of sp³-hybridized carbons (Fsp3) is 0.292. The number of benzene rings is 2. The van der Waals surface area contributed by atoms with Crippen molar-refractivity contribution in [2.75, 3.05) is 33.3 Å². The summed E-state index contributed by atoms with van der Waals surface area (Å²) in [5.74, 6) is 0.414. The van der Waals surface area contributed by atoms with Gasteiger partial charge in [0.1, 0.15) is 27.5 Å². The predicted octanol–water partition coefficient (Wildman–Crippen LogP) is 4.29. The van der Waals surface area contributed by atoms with E-state index in [1.807, 2.05) is 41.0 Å². The summed E-state index contributed by atoms with van der Waals surface area (Å²) in [5.41, 5.74) is 2.42. The minimum atomic E-state index is -0.459. The number of nitriles is 1. The van der Waals surface area contributed by atoms with Gasteiger partial charge in [0.2, 0.25) is 0 Å².